The van der Waals surface area contributed by atoms with Crippen molar-refractivity contribution >= 4 is 40.4 Å². The molecule has 1 amide bonds. The molecule has 0 aromatic carbocycles. The highest BCUT2D eigenvalue weighted by Crippen LogP contribution is 2.39. The molecule has 6 rings (SSSR count). The summed E-state index contributed by atoms with van der Waals surface area (Å²) in [5, 5.41) is 35.1. The number of oxime groups is 1. The number of hydrogen-bond donors (Lipinski definition) is 2. The first kappa shape index (κ1) is 49.2. The van der Waals surface area contributed by atoms with Crippen molar-refractivity contribution in [3.05, 3.63) is 53.7 Å². The maximum absolute atomic E-state index is 14.5. The van der Waals surface area contributed by atoms with E-state index in [1.54, 1.807) is 43.0 Å². The van der Waals surface area contributed by atoms with Gasteiger partial charge in [0.1, 0.15) is 41.7 Å². The molecule has 3 aromatic heterocycles. The highest BCUT2D eigenvalue weighted by molar-refractivity contribution is 7.13. The van der Waals surface area contributed by atoms with Crippen molar-refractivity contribution in [3.8, 4) is 16.4 Å². The number of rotatable bonds is 9. The monoisotopic (exact) mass is 908 g/mol. The lowest BCUT2D eigenvalue weighted by Crippen LogP contribution is -2.59. The molecule has 2 bridgehead atoms. The Kier molecular flexibility index (Phi) is 16.1. The molecule has 18 heteroatoms. The van der Waals surface area contributed by atoms with Crippen molar-refractivity contribution in [1.29, 1.82) is 0 Å². The molecule has 6 heterocycles. The van der Waals surface area contributed by atoms with Gasteiger partial charge in [0.05, 0.1) is 42.0 Å². The van der Waals surface area contributed by atoms with Crippen LogP contribution in [0.1, 0.15) is 86.6 Å². The number of aromatic nitrogens is 3. The molecule has 3 fully saturated rings. The summed E-state index contributed by atoms with van der Waals surface area (Å²) in [6, 6.07) is 9.29. The van der Waals surface area contributed by atoms with Crippen LogP contribution >= 0.6 is 11.3 Å². The Morgan fingerprint density at radius 1 is 1.11 bits per heavy atom. The highest BCUT2D eigenvalue weighted by atomic mass is 32.1. The summed E-state index contributed by atoms with van der Waals surface area (Å²) in [5.74, 6) is -3.98. The van der Waals surface area contributed by atoms with Gasteiger partial charge in [-0.2, -0.15) is 5.10 Å². The summed E-state index contributed by atoms with van der Waals surface area (Å²) in [5.41, 5.74) is -0.979. The average Bonchev–Trinajstić information content (AvgIpc) is 3.97. The number of carbonyl (C=O) groups excluding carboxylic acids is 3. The number of ketones is 1. The predicted molar refractivity (Wildman–Crippen MR) is 239 cm³/mol. The summed E-state index contributed by atoms with van der Waals surface area (Å²) < 4.78 is 34.1. The smallest absolute Gasteiger partial charge is 0.316 e. The number of amides is 1. The van der Waals surface area contributed by atoms with Crippen LogP contribution in [0, 0.1) is 17.8 Å². The molecule has 2 N–H and O–H groups in total. The molecule has 0 unspecified atom stereocenters. The van der Waals surface area contributed by atoms with E-state index in [4.69, 9.17) is 28.5 Å². The normalized spacial score (nSPS) is 34.8. The number of aliphatic hydroxyl groups is 2. The molecular formula is C46H64N6O11S. The molecule has 3 aromatic rings. The Morgan fingerprint density at radius 2 is 1.88 bits per heavy atom. The number of Topliss-reactive ketones (excluding diaryl/α,β-unsaturated/α-hetero) is 1. The van der Waals surface area contributed by atoms with Gasteiger partial charge >= 0.3 is 5.97 Å². The second-order valence-corrected chi connectivity index (χ2v) is 19.0. The van der Waals surface area contributed by atoms with Crippen molar-refractivity contribution < 1.29 is 53.1 Å². The average molecular weight is 909 g/mol. The number of aliphatic hydroxyl groups excluding tert-OH is 1. The van der Waals surface area contributed by atoms with Crippen LogP contribution in [0.15, 0.2) is 58.3 Å². The molecule has 64 heavy (non-hydrogen) atoms. The molecule has 12 atom stereocenters. The first-order valence-electron chi connectivity index (χ1n) is 22.0. The fourth-order valence-corrected chi connectivity index (χ4v) is 9.55. The number of likely N-dealkylation sites (N-methyl/N-ethyl adjacent to an activating group) is 1. The fourth-order valence-electron chi connectivity index (χ4n) is 8.86. The van der Waals surface area contributed by atoms with Crippen LogP contribution in [0.3, 0.4) is 0 Å². The van der Waals surface area contributed by atoms with Gasteiger partial charge in [0, 0.05) is 49.0 Å². The summed E-state index contributed by atoms with van der Waals surface area (Å²) in [7, 11) is 3.73. The number of nitrogens with zero attached hydrogens (tertiary/aromatic N) is 6. The molecule has 0 radical (unpaired) electrons. The maximum atomic E-state index is 14.5. The third-order valence-corrected chi connectivity index (χ3v) is 13.5. The van der Waals surface area contributed by atoms with Crippen molar-refractivity contribution in [1.82, 2.24) is 19.7 Å². The zero-order valence-corrected chi connectivity index (χ0v) is 39.3. The Balaban J connectivity index is 1.38. The van der Waals surface area contributed by atoms with Gasteiger partial charge in [0.25, 0.3) is 0 Å². The van der Waals surface area contributed by atoms with E-state index in [1.807, 2.05) is 74.8 Å². The Labute approximate surface area is 379 Å². The van der Waals surface area contributed by atoms with E-state index in [1.165, 1.54) is 20.8 Å². The van der Waals surface area contributed by atoms with Crippen LogP contribution in [0.25, 0.3) is 16.4 Å². The second kappa shape index (κ2) is 20.9. The quantitative estimate of drug-likeness (QED) is 0.161. The van der Waals surface area contributed by atoms with Crippen LogP contribution in [0.4, 0.5) is 0 Å². The minimum Gasteiger partial charge on any atom is -0.459 e. The third-order valence-electron chi connectivity index (χ3n) is 12.6. The van der Waals surface area contributed by atoms with Gasteiger partial charge in [-0.25, -0.2) is 14.7 Å². The van der Waals surface area contributed by atoms with Crippen LogP contribution in [0.5, 0.6) is 0 Å². The van der Waals surface area contributed by atoms with Crippen LogP contribution < -0.4 is 0 Å². The lowest BCUT2D eigenvalue weighted by Gasteiger charge is -2.47. The zero-order valence-electron chi connectivity index (χ0n) is 38.5. The van der Waals surface area contributed by atoms with E-state index < -0.39 is 77.3 Å². The number of carbonyl (C=O) groups is 3. The summed E-state index contributed by atoms with van der Waals surface area (Å²) in [4.78, 5) is 59.0. The molecule has 17 nitrogen and oxygen atoms in total. The Hall–Kier alpha value is -4.27. The van der Waals surface area contributed by atoms with E-state index in [2.05, 4.69) is 20.2 Å². The highest BCUT2D eigenvalue weighted by Gasteiger charge is 2.52. The Bertz CT molecular complexity index is 2120. The number of fused-ring (bicyclic) bond motifs is 5. The van der Waals surface area contributed by atoms with Crippen molar-refractivity contribution in [2.45, 2.75) is 142 Å². The van der Waals surface area contributed by atoms with Gasteiger partial charge in [-0.05, 0) is 90.5 Å². The Morgan fingerprint density at radius 3 is 2.53 bits per heavy atom. The summed E-state index contributed by atoms with van der Waals surface area (Å²) >= 11 is 1.61. The van der Waals surface area contributed by atoms with E-state index in [0.29, 0.717) is 18.0 Å². The number of cyclic esters (lactones) is 1. The van der Waals surface area contributed by atoms with Crippen LogP contribution in [-0.4, -0.2) is 140 Å². The summed E-state index contributed by atoms with van der Waals surface area (Å²) in [6.45, 7) is 12.9. The fraction of sp³-hybridized carbons (Fsp3) is 0.630. The largest absolute Gasteiger partial charge is 0.459 e. The lowest BCUT2D eigenvalue weighted by atomic mass is 9.76. The van der Waals surface area contributed by atoms with Crippen molar-refractivity contribution in [2.75, 3.05) is 27.3 Å². The SMILES string of the molecule is CC[C@@H]1OC(=O)[C@H](C)C(=O)[C@H](C)[C@@H](O[C@@H]2O[C@H](C)C[C@H](N(C)C)[C@H]2O)[C@@]2(C)C[C@@H](C)C(=NC(C)=O)C[C@H](OC/C(=N/OCc3ccc(-n4ccc(-c5cccs5)n4)nc3)CO2)[C@]1(C)O. The molecule has 3 aliphatic heterocycles. The van der Waals surface area contributed by atoms with E-state index >= 15 is 0 Å². The molecule has 0 aliphatic carbocycles. The molecule has 3 aliphatic rings. The number of hydrogen-bond acceptors (Lipinski definition) is 16. The van der Waals surface area contributed by atoms with E-state index in [0.717, 1.165) is 16.1 Å². The minimum absolute atomic E-state index is 0.0306. The summed E-state index contributed by atoms with van der Waals surface area (Å²) in [6.07, 6.45) is -1.61. The first-order chi connectivity index (χ1) is 30.3. The van der Waals surface area contributed by atoms with Gasteiger partial charge < -0.3 is 43.6 Å². The van der Waals surface area contributed by atoms with Crippen LogP contribution in [-0.2, 0) is 49.5 Å². The molecular weight excluding hydrogens is 845 g/mol. The van der Waals surface area contributed by atoms with Crippen LogP contribution in [0.2, 0.25) is 0 Å². The first-order valence-corrected chi connectivity index (χ1v) is 22.9. The third kappa shape index (κ3) is 11.4. The number of ether oxygens (including phenoxy) is 5. The van der Waals surface area contributed by atoms with Gasteiger partial charge in [0.2, 0.25) is 5.91 Å². The van der Waals surface area contributed by atoms with Gasteiger partial charge in [-0.3, -0.25) is 14.4 Å². The van der Waals surface area contributed by atoms with Crippen molar-refractivity contribution in [3.63, 3.8) is 0 Å². The lowest BCUT2D eigenvalue weighted by molar-refractivity contribution is -0.296. The number of thiophene rings is 1. The molecule has 0 spiro atoms. The van der Waals surface area contributed by atoms with E-state index in [-0.39, 0.29) is 56.9 Å². The second-order valence-electron chi connectivity index (χ2n) is 18.0. The molecule has 350 valence electrons. The van der Waals surface area contributed by atoms with Gasteiger partial charge in [0.15, 0.2) is 17.9 Å². The number of aliphatic imine (C=N–C) groups is 1. The number of pyridine rings is 1. The maximum Gasteiger partial charge on any atom is 0.316 e. The topological polar surface area (TPSA) is 206 Å². The zero-order chi connectivity index (χ0) is 46.5. The van der Waals surface area contributed by atoms with E-state index in [9.17, 15) is 24.6 Å². The minimum atomic E-state index is -1.84. The standard InChI is InChI=1S/C46H64N6O11S/c1-11-37-46(8,57)38-20-34(48-30(6)53)26(2)21-45(7,42(28(4)40(54)29(5)43(56)62-37)63-44-41(55)35(51(9)10)19-27(3)61-44)59-25-32(24-58-38)50-60-23-31-14-15-39(47-22-31)52-17-16-33(49-52)36-13-12-18-64-36/h12-18,22,26-29,35,37-38,41-42,44,55,57H,11,19-21,23-25H2,1-10H3/b48-34?,50-32-/t26-,27-,28+,29-,35+,37+,38+,41-,42-,44+,45-,46-/m1/s1. The molecule has 3 saturated heterocycles. The van der Waals surface area contributed by atoms with Gasteiger partial charge in [-0.15, -0.1) is 11.3 Å². The predicted octanol–water partition coefficient (Wildman–Crippen LogP) is 5.19. The van der Waals surface area contributed by atoms with Gasteiger partial charge in [-0.1, -0.05) is 38.1 Å². The van der Waals surface area contributed by atoms with Crippen molar-refractivity contribution in [2.24, 2.45) is 27.9 Å². The molecule has 0 saturated carbocycles. The number of esters is 1.